The molecular formula is C17H16F7N3O2. The molecule has 0 aliphatic rings. The monoisotopic (exact) mass is 427 g/mol. The number of aromatic nitrogens is 2. The number of aryl methyl sites for hydroxylation is 1. The van der Waals surface area contributed by atoms with Crippen LogP contribution < -0.4 is 10.1 Å². The van der Waals surface area contributed by atoms with Crippen LogP contribution in [0.4, 0.5) is 36.4 Å². The molecule has 0 saturated carbocycles. The van der Waals surface area contributed by atoms with Gasteiger partial charge < -0.3 is 10.1 Å². The number of carbonyl (C=O) groups excluding carboxylic acids is 1. The number of halogens is 7. The van der Waals surface area contributed by atoms with Crippen LogP contribution in [0.5, 0.6) is 5.75 Å². The minimum Gasteiger partial charge on any atom is -0.497 e. The fourth-order valence-electron chi connectivity index (χ4n) is 2.49. The third-order valence-corrected chi connectivity index (χ3v) is 4.12. The van der Waals surface area contributed by atoms with Crippen molar-refractivity contribution in [1.82, 2.24) is 9.78 Å². The first-order chi connectivity index (χ1) is 13.2. The topological polar surface area (TPSA) is 56.1 Å². The van der Waals surface area contributed by atoms with Gasteiger partial charge in [-0.1, -0.05) is 12.1 Å². The van der Waals surface area contributed by atoms with Gasteiger partial charge in [0.2, 0.25) is 0 Å². The maximum absolute atomic E-state index is 13.6. The minimum absolute atomic E-state index is 0.0372. The molecule has 1 heterocycles. The number of ether oxygens (including phenoxy) is 1. The van der Waals surface area contributed by atoms with Gasteiger partial charge in [0.1, 0.15) is 5.75 Å². The Morgan fingerprint density at radius 3 is 2.31 bits per heavy atom. The highest BCUT2D eigenvalue weighted by Gasteiger charge is 2.76. The van der Waals surface area contributed by atoms with Gasteiger partial charge in [-0.05, 0) is 31.5 Å². The lowest BCUT2D eigenvalue weighted by Crippen LogP contribution is -2.57. The summed E-state index contributed by atoms with van der Waals surface area (Å²) >= 11 is 0. The highest BCUT2D eigenvalue weighted by molar-refractivity contribution is 5.97. The number of anilines is 1. The average molecular weight is 427 g/mol. The second-order valence-electron chi connectivity index (χ2n) is 6.16. The number of rotatable bonds is 6. The molecule has 2 rings (SSSR count). The summed E-state index contributed by atoms with van der Waals surface area (Å²) in [5.74, 6) is -14.8. The molecule has 0 saturated heterocycles. The number of alkyl halides is 7. The standard InChI is InChI=1S/C17H16F7N3O2/c1-9-13(25-14(28)15(18,19)16(20,21)17(22,23)24)10(2)27(26-9)8-11-5-4-6-12(7-11)29-3/h4-7H,8H2,1-3H3,(H,25,28). The lowest BCUT2D eigenvalue weighted by Gasteiger charge is -2.27. The number of hydrogen-bond acceptors (Lipinski definition) is 3. The van der Waals surface area contributed by atoms with Crippen LogP contribution in [-0.2, 0) is 11.3 Å². The minimum atomic E-state index is -6.60. The molecule has 1 aromatic heterocycles. The van der Waals surface area contributed by atoms with Crippen molar-refractivity contribution in [3.05, 3.63) is 41.2 Å². The Bertz CT molecular complexity index is 907. The lowest BCUT2D eigenvalue weighted by atomic mass is 10.1. The van der Waals surface area contributed by atoms with E-state index in [2.05, 4.69) is 5.10 Å². The van der Waals surface area contributed by atoms with E-state index >= 15 is 0 Å². The number of carbonyl (C=O) groups is 1. The maximum Gasteiger partial charge on any atom is 0.460 e. The molecule has 0 radical (unpaired) electrons. The molecule has 29 heavy (non-hydrogen) atoms. The molecule has 1 aromatic carbocycles. The van der Waals surface area contributed by atoms with Gasteiger partial charge in [-0.15, -0.1) is 0 Å². The number of methoxy groups -OCH3 is 1. The van der Waals surface area contributed by atoms with E-state index in [0.29, 0.717) is 11.3 Å². The number of amides is 1. The van der Waals surface area contributed by atoms with Crippen LogP contribution in [0.2, 0.25) is 0 Å². The number of nitrogens with zero attached hydrogens (tertiary/aromatic N) is 2. The first kappa shape index (κ1) is 22.5. The molecule has 0 fully saturated rings. The average Bonchev–Trinajstić information content (AvgIpc) is 2.88. The Labute approximate surface area is 160 Å². The first-order valence-corrected chi connectivity index (χ1v) is 8.03. The molecule has 0 unspecified atom stereocenters. The normalized spacial score (nSPS) is 12.8. The van der Waals surface area contributed by atoms with Crippen molar-refractivity contribution in [2.75, 3.05) is 12.4 Å². The highest BCUT2D eigenvalue weighted by atomic mass is 19.4. The van der Waals surface area contributed by atoms with Gasteiger partial charge in [0.25, 0.3) is 0 Å². The van der Waals surface area contributed by atoms with E-state index in [1.165, 1.54) is 31.0 Å². The fourth-order valence-corrected chi connectivity index (χ4v) is 2.49. The molecule has 0 aliphatic heterocycles. The van der Waals surface area contributed by atoms with Gasteiger partial charge in [-0.25, -0.2) is 0 Å². The quantitative estimate of drug-likeness (QED) is 0.699. The van der Waals surface area contributed by atoms with Gasteiger partial charge in [-0.2, -0.15) is 35.8 Å². The maximum atomic E-state index is 13.6. The van der Waals surface area contributed by atoms with Crippen molar-refractivity contribution in [2.45, 2.75) is 38.4 Å². The van der Waals surface area contributed by atoms with E-state index in [-0.39, 0.29) is 23.6 Å². The van der Waals surface area contributed by atoms with Crippen molar-refractivity contribution in [3.8, 4) is 5.75 Å². The zero-order chi connectivity index (χ0) is 22.2. The molecule has 12 heteroatoms. The second-order valence-corrected chi connectivity index (χ2v) is 6.16. The van der Waals surface area contributed by atoms with Gasteiger partial charge in [0.15, 0.2) is 0 Å². The van der Waals surface area contributed by atoms with E-state index in [1.54, 1.807) is 24.3 Å². The molecule has 0 spiro atoms. The Balaban J connectivity index is 2.29. The zero-order valence-electron chi connectivity index (χ0n) is 15.4. The van der Waals surface area contributed by atoms with Crippen LogP contribution in [0.1, 0.15) is 17.0 Å². The molecule has 2 aromatic rings. The Hall–Kier alpha value is -2.79. The first-order valence-electron chi connectivity index (χ1n) is 8.03. The van der Waals surface area contributed by atoms with Crippen LogP contribution in [0.3, 0.4) is 0 Å². The molecule has 5 nitrogen and oxygen atoms in total. The summed E-state index contributed by atoms with van der Waals surface area (Å²) in [4.78, 5) is 11.6. The van der Waals surface area contributed by atoms with Crippen LogP contribution in [0.25, 0.3) is 0 Å². The van der Waals surface area contributed by atoms with E-state index in [0.717, 1.165) is 0 Å². The summed E-state index contributed by atoms with van der Waals surface area (Å²) in [6, 6.07) is 6.73. The molecular weight excluding hydrogens is 411 g/mol. The van der Waals surface area contributed by atoms with Gasteiger partial charge in [-0.3, -0.25) is 9.48 Å². The van der Waals surface area contributed by atoms with Crippen molar-refractivity contribution in [2.24, 2.45) is 0 Å². The van der Waals surface area contributed by atoms with E-state index < -0.39 is 23.9 Å². The number of nitrogens with one attached hydrogen (secondary N) is 1. The predicted molar refractivity (Wildman–Crippen MR) is 88.4 cm³/mol. The molecule has 1 N–H and O–H groups in total. The summed E-state index contributed by atoms with van der Waals surface area (Å²) in [5, 5.41) is 5.46. The summed E-state index contributed by atoms with van der Waals surface area (Å²) in [5.41, 5.74) is 0.354. The van der Waals surface area contributed by atoms with Crippen molar-refractivity contribution < 1.29 is 40.3 Å². The predicted octanol–water partition coefficient (Wildman–Crippen LogP) is 4.33. The van der Waals surface area contributed by atoms with Crippen LogP contribution in [-0.4, -0.2) is 40.8 Å². The summed E-state index contributed by atoms with van der Waals surface area (Å²) in [7, 11) is 1.45. The third kappa shape index (κ3) is 4.15. The molecule has 0 bridgehead atoms. The Morgan fingerprint density at radius 2 is 1.76 bits per heavy atom. The SMILES string of the molecule is COc1cccc(Cn2nc(C)c(NC(=O)C(F)(F)C(F)(F)C(F)(F)F)c2C)c1. The highest BCUT2D eigenvalue weighted by Crippen LogP contribution is 2.47. The zero-order valence-corrected chi connectivity index (χ0v) is 15.4. The van der Waals surface area contributed by atoms with Gasteiger partial charge in [0, 0.05) is 0 Å². The molecule has 160 valence electrons. The lowest BCUT2D eigenvalue weighted by molar-refractivity contribution is -0.343. The van der Waals surface area contributed by atoms with Gasteiger partial charge in [0.05, 0.1) is 30.7 Å². The smallest absolute Gasteiger partial charge is 0.460 e. The van der Waals surface area contributed by atoms with Gasteiger partial charge >= 0.3 is 23.9 Å². The summed E-state index contributed by atoms with van der Waals surface area (Å²) < 4.78 is 96.3. The van der Waals surface area contributed by atoms with E-state index in [4.69, 9.17) is 4.74 Å². The van der Waals surface area contributed by atoms with Crippen LogP contribution >= 0.6 is 0 Å². The second kappa shape index (κ2) is 7.56. The number of hydrogen-bond donors (Lipinski definition) is 1. The summed E-state index contributed by atoms with van der Waals surface area (Å²) in [6.45, 7) is 2.73. The Kier molecular flexibility index (Phi) is 5.87. The van der Waals surface area contributed by atoms with Crippen LogP contribution in [0, 0.1) is 13.8 Å². The molecule has 1 amide bonds. The third-order valence-electron chi connectivity index (χ3n) is 4.12. The van der Waals surface area contributed by atoms with Crippen molar-refractivity contribution in [3.63, 3.8) is 0 Å². The molecule has 0 atom stereocenters. The van der Waals surface area contributed by atoms with Crippen molar-refractivity contribution in [1.29, 1.82) is 0 Å². The summed E-state index contributed by atoms with van der Waals surface area (Å²) in [6.07, 6.45) is -6.60. The van der Waals surface area contributed by atoms with Crippen molar-refractivity contribution >= 4 is 11.6 Å². The largest absolute Gasteiger partial charge is 0.497 e. The number of benzene rings is 1. The molecule has 0 aliphatic carbocycles. The van der Waals surface area contributed by atoms with E-state index in [1.807, 2.05) is 0 Å². The Morgan fingerprint density at radius 1 is 1.14 bits per heavy atom. The fraction of sp³-hybridized carbons (Fsp3) is 0.412. The van der Waals surface area contributed by atoms with Crippen LogP contribution in [0.15, 0.2) is 24.3 Å². The van der Waals surface area contributed by atoms with E-state index in [9.17, 15) is 35.5 Å².